The fourth-order valence-electron chi connectivity index (χ4n) is 2.08. The van der Waals surface area contributed by atoms with E-state index in [0.29, 0.717) is 22.6 Å². The maximum absolute atomic E-state index is 12.6. The van der Waals surface area contributed by atoms with E-state index in [-0.39, 0.29) is 5.91 Å². The third kappa shape index (κ3) is 2.62. The minimum atomic E-state index is -0.0962. The summed E-state index contributed by atoms with van der Waals surface area (Å²) in [7, 11) is 1.76. The molecule has 0 fully saturated rings. The maximum Gasteiger partial charge on any atom is 0.266 e. The second-order valence-electron chi connectivity index (χ2n) is 4.71. The van der Waals surface area contributed by atoms with Crippen LogP contribution in [0.1, 0.15) is 20.4 Å². The Labute approximate surface area is 130 Å². The van der Waals surface area contributed by atoms with Crippen molar-refractivity contribution in [2.24, 2.45) is 0 Å². The van der Waals surface area contributed by atoms with E-state index in [4.69, 9.17) is 5.73 Å². The number of nitrogens with two attached hydrogens (primary N) is 1. The van der Waals surface area contributed by atoms with Crippen LogP contribution in [-0.4, -0.2) is 27.8 Å². The number of aromatic nitrogens is 2. The number of thiazole rings is 1. The monoisotopic (exact) mass is 318 g/mol. The molecule has 0 saturated carbocycles. The van der Waals surface area contributed by atoms with E-state index in [1.807, 2.05) is 24.4 Å². The summed E-state index contributed by atoms with van der Waals surface area (Å²) >= 11 is 2.96. The summed E-state index contributed by atoms with van der Waals surface area (Å²) in [5.74, 6) is -0.0962. The van der Waals surface area contributed by atoms with Crippen LogP contribution in [0.2, 0.25) is 0 Å². The van der Waals surface area contributed by atoms with Gasteiger partial charge in [0.2, 0.25) is 0 Å². The molecule has 3 aromatic rings. The zero-order valence-corrected chi connectivity index (χ0v) is 13.3. The molecule has 7 heteroatoms. The smallest absolute Gasteiger partial charge is 0.266 e. The zero-order valence-electron chi connectivity index (χ0n) is 11.7. The number of hydrogen-bond acceptors (Lipinski definition) is 6. The number of aryl methyl sites for hydroxylation is 1. The first-order valence-electron chi connectivity index (χ1n) is 6.35. The van der Waals surface area contributed by atoms with Crippen molar-refractivity contribution in [1.29, 1.82) is 0 Å². The number of amides is 1. The number of anilines is 1. The molecule has 0 saturated heterocycles. The van der Waals surface area contributed by atoms with E-state index in [0.717, 1.165) is 15.4 Å². The highest BCUT2D eigenvalue weighted by Gasteiger charge is 2.20. The number of pyridine rings is 1. The molecule has 0 radical (unpaired) electrons. The van der Waals surface area contributed by atoms with Crippen molar-refractivity contribution >= 4 is 44.5 Å². The predicted octanol–water partition coefficient (Wildman–Crippen LogP) is 2.92. The highest BCUT2D eigenvalue weighted by Crippen LogP contribution is 2.32. The zero-order chi connectivity index (χ0) is 15.0. The second-order valence-corrected chi connectivity index (χ2v) is 6.83. The van der Waals surface area contributed by atoms with Crippen molar-refractivity contribution in [2.45, 2.75) is 13.5 Å². The van der Waals surface area contributed by atoms with Crippen molar-refractivity contribution in [3.8, 4) is 0 Å². The second kappa shape index (κ2) is 5.42. The highest BCUT2D eigenvalue weighted by atomic mass is 32.1. The molecule has 5 nitrogen and oxygen atoms in total. The Morgan fingerprint density at radius 2 is 2.29 bits per heavy atom. The highest BCUT2D eigenvalue weighted by molar-refractivity contribution is 7.21. The van der Waals surface area contributed by atoms with Crippen LogP contribution in [0.15, 0.2) is 23.7 Å². The molecule has 0 aliphatic rings. The molecule has 0 aliphatic carbocycles. The average molecular weight is 318 g/mol. The molecular weight excluding hydrogens is 304 g/mol. The minimum absolute atomic E-state index is 0.0962. The van der Waals surface area contributed by atoms with Crippen LogP contribution in [-0.2, 0) is 6.54 Å². The van der Waals surface area contributed by atoms with Gasteiger partial charge in [-0.2, -0.15) is 0 Å². The van der Waals surface area contributed by atoms with Crippen LogP contribution in [0.5, 0.6) is 0 Å². The molecule has 0 atom stereocenters. The Kier molecular flexibility index (Phi) is 3.60. The lowest BCUT2D eigenvalue weighted by atomic mass is 10.3. The maximum atomic E-state index is 12.6. The predicted molar refractivity (Wildman–Crippen MR) is 86.7 cm³/mol. The third-order valence-electron chi connectivity index (χ3n) is 3.09. The van der Waals surface area contributed by atoms with Crippen LogP contribution in [0.4, 0.5) is 5.69 Å². The van der Waals surface area contributed by atoms with E-state index in [2.05, 4.69) is 9.97 Å². The average Bonchev–Trinajstić information content (AvgIpc) is 3.03. The summed E-state index contributed by atoms with van der Waals surface area (Å²) in [5, 5.41) is 2.96. The number of nitrogen functional groups attached to an aromatic ring is 1. The normalized spacial score (nSPS) is 11.0. The molecule has 108 valence electrons. The van der Waals surface area contributed by atoms with Gasteiger partial charge in [-0.25, -0.2) is 4.98 Å². The van der Waals surface area contributed by atoms with Crippen molar-refractivity contribution in [1.82, 2.24) is 14.9 Å². The lowest BCUT2D eigenvalue weighted by molar-refractivity contribution is 0.0789. The van der Waals surface area contributed by atoms with E-state index in [1.165, 1.54) is 11.3 Å². The first-order valence-corrected chi connectivity index (χ1v) is 8.05. The topological polar surface area (TPSA) is 72.1 Å². The summed E-state index contributed by atoms with van der Waals surface area (Å²) < 4.78 is 0.927. The van der Waals surface area contributed by atoms with E-state index >= 15 is 0 Å². The fraction of sp³-hybridized carbons (Fsp3) is 0.214. The van der Waals surface area contributed by atoms with E-state index in [1.54, 1.807) is 29.5 Å². The van der Waals surface area contributed by atoms with Gasteiger partial charge in [-0.3, -0.25) is 9.78 Å². The van der Waals surface area contributed by atoms with Crippen molar-refractivity contribution in [3.63, 3.8) is 0 Å². The van der Waals surface area contributed by atoms with Crippen molar-refractivity contribution < 1.29 is 4.79 Å². The summed E-state index contributed by atoms with van der Waals surface area (Å²) in [6.07, 6.45) is 1.68. The van der Waals surface area contributed by atoms with Crippen LogP contribution < -0.4 is 5.73 Å². The van der Waals surface area contributed by atoms with Gasteiger partial charge in [-0.15, -0.1) is 22.7 Å². The quantitative estimate of drug-likeness (QED) is 0.806. The number of thiophene rings is 1. The molecular formula is C14H14N4OS2. The number of fused-ring (bicyclic) bond motifs is 1. The van der Waals surface area contributed by atoms with E-state index in [9.17, 15) is 4.79 Å². The van der Waals surface area contributed by atoms with Gasteiger partial charge < -0.3 is 10.6 Å². The fourth-order valence-corrected chi connectivity index (χ4v) is 3.75. The molecule has 3 heterocycles. The number of carbonyl (C=O) groups excluding carboxylic acids is 1. The molecule has 21 heavy (non-hydrogen) atoms. The Balaban J connectivity index is 1.87. The first-order chi connectivity index (χ1) is 10.1. The third-order valence-corrected chi connectivity index (χ3v) is 5.06. The standard InChI is InChI=1S/C14H14N4OS2/c1-8-17-9(7-20-8)6-18(2)14(19)13-11(15)12-10(21-13)4-3-5-16-12/h3-5,7H,6,15H2,1-2H3. The number of carbonyl (C=O) groups is 1. The largest absolute Gasteiger partial charge is 0.396 e. The Hall–Kier alpha value is -1.99. The molecule has 0 spiro atoms. The lowest BCUT2D eigenvalue weighted by Gasteiger charge is -2.15. The van der Waals surface area contributed by atoms with Gasteiger partial charge in [0.15, 0.2) is 0 Å². The lowest BCUT2D eigenvalue weighted by Crippen LogP contribution is -2.26. The van der Waals surface area contributed by atoms with Crippen LogP contribution in [0.3, 0.4) is 0 Å². The van der Waals surface area contributed by atoms with E-state index < -0.39 is 0 Å². The molecule has 0 aromatic carbocycles. The Bertz CT molecular complexity index is 808. The van der Waals surface area contributed by atoms with Crippen molar-refractivity contribution in [2.75, 3.05) is 12.8 Å². The summed E-state index contributed by atoms with van der Waals surface area (Å²) in [4.78, 5) is 23.3. The Morgan fingerprint density at radius 3 is 2.95 bits per heavy atom. The Morgan fingerprint density at radius 1 is 1.48 bits per heavy atom. The van der Waals surface area contributed by atoms with Gasteiger partial charge >= 0.3 is 0 Å². The van der Waals surface area contributed by atoms with Gasteiger partial charge in [0.05, 0.1) is 27.6 Å². The van der Waals surface area contributed by atoms with Crippen molar-refractivity contribution in [3.05, 3.63) is 39.3 Å². The summed E-state index contributed by atoms with van der Waals surface area (Å²) in [6.45, 7) is 2.43. The van der Waals surface area contributed by atoms with Gasteiger partial charge in [0.25, 0.3) is 5.91 Å². The van der Waals surface area contributed by atoms with Crippen LogP contribution >= 0.6 is 22.7 Å². The first kappa shape index (κ1) is 14.0. The SMILES string of the molecule is Cc1nc(CN(C)C(=O)c2sc3cccnc3c2N)cs1. The van der Waals surface area contributed by atoms with Gasteiger partial charge in [0, 0.05) is 18.6 Å². The van der Waals surface area contributed by atoms with Gasteiger partial charge in [-0.05, 0) is 19.1 Å². The molecule has 0 aliphatic heterocycles. The number of nitrogens with zero attached hydrogens (tertiary/aromatic N) is 3. The summed E-state index contributed by atoms with van der Waals surface area (Å²) in [6, 6.07) is 3.76. The van der Waals surface area contributed by atoms with Gasteiger partial charge in [-0.1, -0.05) is 0 Å². The summed E-state index contributed by atoms with van der Waals surface area (Å²) in [5.41, 5.74) is 8.11. The number of hydrogen-bond donors (Lipinski definition) is 1. The molecule has 2 N–H and O–H groups in total. The number of rotatable bonds is 3. The molecule has 3 aromatic heterocycles. The molecule has 0 bridgehead atoms. The molecule has 0 unspecified atom stereocenters. The van der Waals surface area contributed by atoms with Crippen LogP contribution in [0.25, 0.3) is 10.2 Å². The minimum Gasteiger partial charge on any atom is -0.396 e. The van der Waals surface area contributed by atoms with Gasteiger partial charge in [0.1, 0.15) is 10.4 Å². The molecule has 1 amide bonds. The molecule has 3 rings (SSSR count). The van der Waals surface area contributed by atoms with Crippen LogP contribution in [0, 0.1) is 6.92 Å².